The third-order valence-corrected chi connectivity index (χ3v) is 8.38. The topological polar surface area (TPSA) is 91.8 Å². The number of amides is 2. The van der Waals surface area contributed by atoms with Crippen LogP contribution in [0.1, 0.15) is 31.2 Å². The first kappa shape index (κ1) is 22.9. The Morgan fingerprint density at radius 1 is 0.972 bits per heavy atom. The molecule has 0 aromatic heterocycles. The minimum Gasteiger partial charge on any atom is -0.508 e. The maximum absolute atomic E-state index is 13.8. The van der Waals surface area contributed by atoms with Gasteiger partial charge in [0.05, 0.1) is 17.5 Å². The molecule has 0 bridgehead atoms. The van der Waals surface area contributed by atoms with E-state index in [0.717, 1.165) is 10.0 Å². The fraction of sp³-hybridized carbons (Fsp3) is 0.241. The average Bonchev–Trinajstić information content (AvgIpc) is 3.12. The van der Waals surface area contributed by atoms with Crippen molar-refractivity contribution in [2.24, 2.45) is 17.8 Å². The number of carbonyl (C=O) groups excluding carboxylic acids is 4. The summed E-state index contributed by atoms with van der Waals surface area (Å²) < 4.78 is 0.844. The highest BCUT2D eigenvalue weighted by atomic mass is 79.9. The number of benzene rings is 2. The molecular weight excluding hydrogens is 522 g/mol. The van der Waals surface area contributed by atoms with Gasteiger partial charge in [-0.15, -0.1) is 0 Å². The molecule has 4 aliphatic rings. The first-order valence-corrected chi connectivity index (χ1v) is 12.7. The van der Waals surface area contributed by atoms with Crippen LogP contribution < -0.4 is 4.90 Å². The highest BCUT2D eigenvalue weighted by Crippen LogP contribution is 2.55. The SMILES string of the molecule is CC1=CC(=O)C2=C(C1=O)C(c1cccc(O)c1)C1=CCC3C(=O)N(c4ccc(Br)cc4)C(=O)C3C1C2. The fourth-order valence-electron chi connectivity index (χ4n) is 6.29. The predicted molar refractivity (Wildman–Crippen MR) is 136 cm³/mol. The average molecular weight is 544 g/mol. The van der Waals surface area contributed by atoms with E-state index in [0.29, 0.717) is 34.4 Å². The Hall–Kier alpha value is -3.58. The molecule has 7 heteroatoms. The number of fused-ring (bicyclic) bond motifs is 3. The van der Waals surface area contributed by atoms with Gasteiger partial charge < -0.3 is 5.11 Å². The quantitative estimate of drug-likeness (QED) is 0.334. The molecule has 1 heterocycles. The lowest BCUT2D eigenvalue weighted by molar-refractivity contribution is -0.123. The minimum atomic E-state index is -0.620. The van der Waals surface area contributed by atoms with Crippen LogP contribution in [0.3, 0.4) is 0 Å². The van der Waals surface area contributed by atoms with E-state index in [1.807, 2.05) is 12.1 Å². The number of rotatable bonds is 2. The van der Waals surface area contributed by atoms with Crippen LogP contribution in [-0.4, -0.2) is 28.5 Å². The van der Waals surface area contributed by atoms with E-state index in [1.54, 1.807) is 49.4 Å². The molecule has 0 saturated carbocycles. The molecule has 1 saturated heterocycles. The Morgan fingerprint density at radius 2 is 1.72 bits per heavy atom. The van der Waals surface area contributed by atoms with Gasteiger partial charge in [-0.05, 0) is 73.7 Å². The highest BCUT2D eigenvalue weighted by molar-refractivity contribution is 9.10. The number of hydrogen-bond donors (Lipinski definition) is 1. The molecule has 1 fully saturated rings. The highest BCUT2D eigenvalue weighted by Gasteiger charge is 2.56. The number of aromatic hydroxyl groups is 1. The molecule has 180 valence electrons. The van der Waals surface area contributed by atoms with Crippen molar-refractivity contribution in [3.63, 3.8) is 0 Å². The van der Waals surface area contributed by atoms with E-state index in [9.17, 15) is 24.3 Å². The van der Waals surface area contributed by atoms with Crippen LogP contribution >= 0.6 is 15.9 Å². The molecule has 2 amide bonds. The molecular formula is C29H22BrNO5. The van der Waals surface area contributed by atoms with E-state index in [1.165, 1.54) is 11.0 Å². The Balaban J connectivity index is 1.48. The predicted octanol–water partition coefficient (Wildman–Crippen LogP) is 4.79. The van der Waals surface area contributed by atoms with E-state index in [-0.39, 0.29) is 35.6 Å². The molecule has 6 nitrogen and oxygen atoms in total. The molecule has 0 radical (unpaired) electrons. The van der Waals surface area contributed by atoms with Crippen molar-refractivity contribution >= 4 is 45.0 Å². The number of allylic oxidation sites excluding steroid dienone is 6. The van der Waals surface area contributed by atoms with Gasteiger partial charge in [-0.1, -0.05) is 39.7 Å². The zero-order valence-corrected chi connectivity index (χ0v) is 21.0. The number of halogens is 1. The lowest BCUT2D eigenvalue weighted by atomic mass is 9.59. The smallest absolute Gasteiger partial charge is 0.238 e. The first-order chi connectivity index (χ1) is 17.3. The van der Waals surface area contributed by atoms with Gasteiger partial charge in [0, 0.05) is 27.1 Å². The second kappa shape index (κ2) is 8.23. The van der Waals surface area contributed by atoms with Crippen molar-refractivity contribution in [2.45, 2.75) is 25.7 Å². The Bertz CT molecular complexity index is 1460. The van der Waals surface area contributed by atoms with E-state index < -0.39 is 23.7 Å². The van der Waals surface area contributed by atoms with Gasteiger partial charge in [0.15, 0.2) is 11.6 Å². The number of Topliss-reactive ketones (excluding diaryl/α,β-unsaturated/α-hetero) is 1. The second-order valence-corrected chi connectivity index (χ2v) is 10.7. The van der Waals surface area contributed by atoms with Crippen LogP contribution in [0.2, 0.25) is 0 Å². The summed E-state index contributed by atoms with van der Waals surface area (Å²) in [6, 6.07) is 13.7. The van der Waals surface area contributed by atoms with E-state index in [4.69, 9.17) is 0 Å². The number of carbonyl (C=O) groups is 4. The van der Waals surface area contributed by atoms with Crippen LogP contribution in [0.25, 0.3) is 0 Å². The zero-order chi connectivity index (χ0) is 25.3. The van der Waals surface area contributed by atoms with Crippen molar-refractivity contribution in [1.29, 1.82) is 0 Å². The minimum absolute atomic E-state index is 0.0569. The molecule has 2 aromatic carbocycles. The van der Waals surface area contributed by atoms with Gasteiger partial charge in [0.25, 0.3) is 0 Å². The standard InChI is InChI=1S/C29H22BrNO5/c1-14-11-23(33)22-13-21-19(24(26(22)27(14)34)15-3-2-4-18(32)12-15)9-10-20-25(21)29(36)31(28(20)35)17-7-5-16(30)6-8-17/h2-9,11-12,20-21,24-25,32H,10,13H2,1H3. The number of phenolic OH excluding ortho intramolecular Hbond substituents is 1. The molecule has 0 spiro atoms. The van der Waals surface area contributed by atoms with Gasteiger partial charge >= 0.3 is 0 Å². The number of phenols is 1. The molecule has 1 aliphatic heterocycles. The molecule has 3 aliphatic carbocycles. The molecule has 6 rings (SSSR count). The Labute approximate surface area is 216 Å². The van der Waals surface area contributed by atoms with Crippen molar-refractivity contribution in [1.82, 2.24) is 0 Å². The summed E-state index contributed by atoms with van der Waals surface area (Å²) in [5, 5.41) is 10.2. The van der Waals surface area contributed by atoms with Gasteiger partial charge in [-0.25, -0.2) is 0 Å². The first-order valence-electron chi connectivity index (χ1n) is 11.9. The number of ketones is 2. The third kappa shape index (κ3) is 3.29. The molecule has 2 aromatic rings. The second-order valence-electron chi connectivity index (χ2n) is 9.81. The van der Waals surface area contributed by atoms with Crippen molar-refractivity contribution in [2.75, 3.05) is 4.90 Å². The van der Waals surface area contributed by atoms with Crippen LogP contribution in [0.15, 0.2) is 87.4 Å². The van der Waals surface area contributed by atoms with Crippen LogP contribution in [0, 0.1) is 17.8 Å². The summed E-state index contributed by atoms with van der Waals surface area (Å²) in [5.74, 6) is -2.97. The van der Waals surface area contributed by atoms with Crippen LogP contribution in [0.4, 0.5) is 5.69 Å². The van der Waals surface area contributed by atoms with Gasteiger partial charge in [-0.3, -0.25) is 24.1 Å². The number of nitrogens with zero attached hydrogens (tertiary/aromatic N) is 1. The van der Waals surface area contributed by atoms with Gasteiger partial charge in [0.1, 0.15) is 5.75 Å². The lowest BCUT2D eigenvalue weighted by Gasteiger charge is -2.42. The van der Waals surface area contributed by atoms with Crippen molar-refractivity contribution in [3.8, 4) is 5.75 Å². The monoisotopic (exact) mass is 543 g/mol. The maximum Gasteiger partial charge on any atom is 0.238 e. The number of hydrogen-bond acceptors (Lipinski definition) is 5. The number of imide groups is 1. The van der Waals surface area contributed by atoms with E-state index >= 15 is 0 Å². The summed E-state index contributed by atoms with van der Waals surface area (Å²) >= 11 is 3.39. The molecule has 1 N–H and O–H groups in total. The molecule has 4 atom stereocenters. The summed E-state index contributed by atoms with van der Waals surface area (Å²) in [7, 11) is 0. The summed E-state index contributed by atoms with van der Waals surface area (Å²) in [6.45, 7) is 1.64. The van der Waals surface area contributed by atoms with E-state index in [2.05, 4.69) is 15.9 Å². The van der Waals surface area contributed by atoms with Crippen molar-refractivity contribution in [3.05, 3.63) is 93.0 Å². The largest absolute Gasteiger partial charge is 0.508 e. The molecule has 4 unspecified atom stereocenters. The Kier molecular flexibility index (Phi) is 5.23. The summed E-state index contributed by atoms with van der Waals surface area (Å²) in [5.41, 5.74) is 3.29. The number of anilines is 1. The molecule has 36 heavy (non-hydrogen) atoms. The van der Waals surface area contributed by atoms with Crippen LogP contribution in [0.5, 0.6) is 5.75 Å². The normalized spacial score (nSPS) is 27.4. The maximum atomic E-state index is 13.8. The van der Waals surface area contributed by atoms with Crippen LogP contribution in [-0.2, 0) is 19.2 Å². The van der Waals surface area contributed by atoms with Gasteiger partial charge in [0.2, 0.25) is 11.8 Å². The fourth-order valence-corrected chi connectivity index (χ4v) is 6.55. The Morgan fingerprint density at radius 3 is 2.44 bits per heavy atom. The third-order valence-electron chi connectivity index (χ3n) is 7.85. The summed E-state index contributed by atoms with van der Waals surface area (Å²) in [4.78, 5) is 55.0. The zero-order valence-electron chi connectivity index (χ0n) is 19.4. The lowest BCUT2D eigenvalue weighted by Crippen LogP contribution is -2.39. The van der Waals surface area contributed by atoms with Crippen molar-refractivity contribution < 1.29 is 24.3 Å². The summed E-state index contributed by atoms with van der Waals surface area (Å²) in [6.07, 6.45) is 3.96. The van der Waals surface area contributed by atoms with Gasteiger partial charge in [-0.2, -0.15) is 0 Å².